The topological polar surface area (TPSA) is 90.3 Å². The fourth-order valence-corrected chi connectivity index (χ4v) is 4.30. The molecule has 4 rings (SSSR count). The second-order valence-corrected chi connectivity index (χ2v) is 8.39. The quantitative estimate of drug-likeness (QED) is 0.226. The van der Waals surface area contributed by atoms with E-state index in [0.29, 0.717) is 45.2 Å². The molecule has 0 bridgehead atoms. The first-order chi connectivity index (χ1) is 16.5. The van der Waals surface area contributed by atoms with Gasteiger partial charge in [0.2, 0.25) is 5.91 Å². The molecule has 0 fully saturated rings. The number of hydrogen-bond donors (Lipinski definition) is 1. The first kappa shape index (κ1) is 23.3. The number of methoxy groups -OCH3 is 1. The minimum absolute atomic E-state index is 0.0903. The molecule has 0 saturated heterocycles. The number of aromatic nitrogens is 2. The van der Waals surface area contributed by atoms with Gasteiger partial charge in [-0.15, -0.1) is 0 Å². The number of fused-ring (bicyclic) bond motifs is 1. The lowest BCUT2D eigenvalue weighted by atomic mass is 10.1. The normalized spacial score (nSPS) is 10.8. The third-order valence-corrected chi connectivity index (χ3v) is 6.14. The molecule has 0 aliphatic heterocycles. The van der Waals surface area contributed by atoms with E-state index < -0.39 is 0 Å². The molecule has 1 amide bonds. The summed E-state index contributed by atoms with van der Waals surface area (Å²) in [5.41, 5.74) is 2.10. The summed E-state index contributed by atoms with van der Waals surface area (Å²) in [6.07, 6.45) is 0.380. The van der Waals surface area contributed by atoms with E-state index in [2.05, 4.69) is 10.3 Å². The van der Waals surface area contributed by atoms with E-state index in [1.807, 2.05) is 6.07 Å². The van der Waals surface area contributed by atoms with E-state index in [-0.39, 0.29) is 23.0 Å². The van der Waals surface area contributed by atoms with Crippen molar-refractivity contribution in [2.45, 2.75) is 18.5 Å². The Kier molecular flexibility index (Phi) is 7.08. The Labute approximate surface area is 200 Å². The number of para-hydroxylation sites is 1. The second kappa shape index (κ2) is 10.4. The van der Waals surface area contributed by atoms with Crippen molar-refractivity contribution in [1.82, 2.24) is 9.55 Å². The zero-order chi connectivity index (χ0) is 24.1. The van der Waals surface area contributed by atoms with Gasteiger partial charge in [-0.1, -0.05) is 36.9 Å². The molecular weight excluding hydrogens is 450 g/mol. The molecule has 8 heteroatoms. The summed E-state index contributed by atoms with van der Waals surface area (Å²) in [4.78, 5) is 42.4. The van der Waals surface area contributed by atoms with Gasteiger partial charge >= 0.3 is 0 Å². The van der Waals surface area contributed by atoms with Gasteiger partial charge in [-0.25, -0.2) is 4.98 Å². The standard InChI is InChI=1S/C26H23N3O4S/c1-3-24(31)27-18-13-11-17(12-14-18)23(30)16-34-26-28-22-10-5-4-9-21(22)25(32)29(26)19-7-6-8-20(15-19)33-2/h4-15H,3,16H2,1-2H3,(H,27,31). The second-order valence-electron chi connectivity index (χ2n) is 7.44. The van der Waals surface area contributed by atoms with Crippen LogP contribution in [0.15, 0.2) is 82.7 Å². The molecule has 1 aromatic heterocycles. The van der Waals surface area contributed by atoms with Crippen LogP contribution in [0.1, 0.15) is 23.7 Å². The largest absolute Gasteiger partial charge is 0.497 e. The molecule has 1 N–H and O–H groups in total. The number of ether oxygens (including phenoxy) is 1. The monoisotopic (exact) mass is 473 g/mol. The fraction of sp³-hybridized carbons (Fsp3) is 0.154. The van der Waals surface area contributed by atoms with Crippen molar-refractivity contribution in [3.63, 3.8) is 0 Å². The highest BCUT2D eigenvalue weighted by molar-refractivity contribution is 7.99. The van der Waals surface area contributed by atoms with E-state index in [4.69, 9.17) is 4.74 Å². The summed E-state index contributed by atoms with van der Waals surface area (Å²) in [6.45, 7) is 1.77. The SMILES string of the molecule is CCC(=O)Nc1ccc(C(=O)CSc2nc3ccccc3c(=O)n2-c2cccc(OC)c2)cc1. The highest BCUT2D eigenvalue weighted by atomic mass is 32.2. The van der Waals surface area contributed by atoms with Gasteiger partial charge in [0, 0.05) is 23.7 Å². The van der Waals surface area contributed by atoms with Crippen molar-refractivity contribution in [1.29, 1.82) is 0 Å². The Morgan fingerprint density at radius 1 is 1.03 bits per heavy atom. The summed E-state index contributed by atoms with van der Waals surface area (Å²) in [5.74, 6) is 0.500. The van der Waals surface area contributed by atoms with E-state index in [1.165, 1.54) is 16.3 Å². The van der Waals surface area contributed by atoms with E-state index in [1.54, 1.807) is 80.8 Å². The third-order valence-electron chi connectivity index (χ3n) is 5.20. The van der Waals surface area contributed by atoms with E-state index in [9.17, 15) is 14.4 Å². The van der Waals surface area contributed by atoms with Crippen LogP contribution in [-0.2, 0) is 4.79 Å². The molecule has 7 nitrogen and oxygen atoms in total. The molecule has 0 aliphatic carbocycles. The van der Waals surface area contributed by atoms with Crippen molar-refractivity contribution in [3.8, 4) is 11.4 Å². The van der Waals surface area contributed by atoms with E-state index >= 15 is 0 Å². The molecule has 0 unspecified atom stereocenters. The number of thioether (sulfide) groups is 1. The Bertz CT molecular complexity index is 1410. The average molecular weight is 474 g/mol. The van der Waals surface area contributed by atoms with Crippen LogP contribution in [0.3, 0.4) is 0 Å². The summed E-state index contributed by atoms with van der Waals surface area (Å²) in [5, 5.41) is 3.67. The number of rotatable bonds is 8. The van der Waals surface area contributed by atoms with Gasteiger partial charge in [0.25, 0.3) is 5.56 Å². The van der Waals surface area contributed by atoms with Gasteiger partial charge < -0.3 is 10.1 Å². The lowest BCUT2D eigenvalue weighted by Crippen LogP contribution is -2.22. The van der Waals surface area contributed by atoms with Gasteiger partial charge in [-0.3, -0.25) is 19.0 Å². The highest BCUT2D eigenvalue weighted by Crippen LogP contribution is 2.24. The number of nitrogens with zero attached hydrogens (tertiary/aromatic N) is 2. The molecular formula is C26H23N3O4S. The maximum Gasteiger partial charge on any atom is 0.266 e. The maximum absolute atomic E-state index is 13.4. The number of nitrogens with one attached hydrogen (secondary N) is 1. The van der Waals surface area contributed by atoms with Crippen LogP contribution in [0.2, 0.25) is 0 Å². The van der Waals surface area contributed by atoms with Crippen molar-refractivity contribution >= 4 is 40.0 Å². The van der Waals surface area contributed by atoms with Crippen molar-refractivity contribution < 1.29 is 14.3 Å². The lowest BCUT2D eigenvalue weighted by molar-refractivity contribution is -0.115. The van der Waals surface area contributed by atoms with Gasteiger partial charge in [0.1, 0.15) is 5.75 Å². The summed E-state index contributed by atoms with van der Waals surface area (Å²) >= 11 is 1.20. The maximum atomic E-state index is 13.4. The number of Topliss-reactive ketones (excluding diaryl/α,β-unsaturated/α-hetero) is 1. The van der Waals surface area contributed by atoms with Gasteiger partial charge in [0.15, 0.2) is 10.9 Å². The third kappa shape index (κ3) is 5.02. The van der Waals surface area contributed by atoms with Crippen LogP contribution in [0, 0.1) is 0 Å². The van der Waals surface area contributed by atoms with Gasteiger partial charge in [-0.2, -0.15) is 0 Å². The van der Waals surface area contributed by atoms with Crippen LogP contribution in [-0.4, -0.2) is 34.1 Å². The van der Waals surface area contributed by atoms with Crippen LogP contribution < -0.4 is 15.6 Å². The molecule has 34 heavy (non-hydrogen) atoms. The summed E-state index contributed by atoms with van der Waals surface area (Å²) < 4.78 is 6.82. The smallest absolute Gasteiger partial charge is 0.266 e. The van der Waals surface area contributed by atoms with Crippen molar-refractivity contribution in [2.75, 3.05) is 18.2 Å². The molecule has 0 saturated carbocycles. The Morgan fingerprint density at radius 3 is 2.53 bits per heavy atom. The minimum atomic E-state index is -0.218. The van der Waals surface area contributed by atoms with E-state index in [0.717, 1.165) is 0 Å². The summed E-state index contributed by atoms with van der Waals surface area (Å²) in [6, 6.07) is 21.0. The predicted molar refractivity (Wildman–Crippen MR) is 134 cm³/mol. The number of amides is 1. The molecule has 0 atom stereocenters. The highest BCUT2D eigenvalue weighted by Gasteiger charge is 2.16. The Hall–Kier alpha value is -3.91. The molecule has 4 aromatic rings. The van der Waals surface area contributed by atoms with Crippen LogP contribution in [0.5, 0.6) is 5.75 Å². The minimum Gasteiger partial charge on any atom is -0.497 e. The number of carbonyl (C=O) groups excluding carboxylic acids is 2. The number of carbonyl (C=O) groups is 2. The fourth-order valence-electron chi connectivity index (χ4n) is 3.39. The van der Waals surface area contributed by atoms with Gasteiger partial charge in [0.05, 0.1) is 29.5 Å². The first-order valence-electron chi connectivity index (χ1n) is 10.7. The zero-order valence-electron chi connectivity index (χ0n) is 18.8. The molecule has 0 radical (unpaired) electrons. The Morgan fingerprint density at radius 2 is 1.79 bits per heavy atom. The average Bonchev–Trinajstić information content (AvgIpc) is 2.87. The van der Waals surface area contributed by atoms with Crippen LogP contribution in [0.25, 0.3) is 16.6 Å². The number of ketones is 1. The number of anilines is 1. The zero-order valence-corrected chi connectivity index (χ0v) is 19.6. The van der Waals surface area contributed by atoms with Crippen molar-refractivity contribution in [3.05, 3.63) is 88.7 Å². The van der Waals surface area contributed by atoms with Crippen LogP contribution >= 0.6 is 11.8 Å². The Balaban J connectivity index is 1.64. The molecule has 0 spiro atoms. The molecule has 172 valence electrons. The van der Waals surface area contributed by atoms with Crippen LogP contribution in [0.4, 0.5) is 5.69 Å². The summed E-state index contributed by atoms with van der Waals surface area (Å²) in [7, 11) is 1.56. The molecule has 3 aromatic carbocycles. The predicted octanol–water partition coefficient (Wildman–Crippen LogP) is 4.72. The molecule has 1 heterocycles. The number of hydrogen-bond acceptors (Lipinski definition) is 6. The number of benzene rings is 3. The lowest BCUT2D eigenvalue weighted by Gasteiger charge is -2.14. The first-order valence-corrected chi connectivity index (χ1v) is 11.7. The van der Waals surface area contributed by atoms with Gasteiger partial charge in [-0.05, 0) is 48.5 Å². The van der Waals surface area contributed by atoms with Crippen molar-refractivity contribution in [2.24, 2.45) is 0 Å². The molecule has 0 aliphatic rings.